The van der Waals surface area contributed by atoms with Gasteiger partial charge in [-0.1, -0.05) is 26.0 Å². The number of hydrogen-bond donors (Lipinski definition) is 1. The molecule has 1 N–H and O–H groups in total. The van der Waals surface area contributed by atoms with Crippen molar-refractivity contribution in [2.75, 3.05) is 20.1 Å². The molecule has 0 aliphatic rings. The molecule has 1 rings (SSSR count). The van der Waals surface area contributed by atoms with Crippen molar-refractivity contribution in [3.05, 3.63) is 35.6 Å². The van der Waals surface area contributed by atoms with Gasteiger partial charge in [-0.2, -0.15) is 0 Å². The highest BCUT2D eigenvalue weighted by Crippen LogP contribution is 2.06. The molecule has 0 aromatic heterocycles. The van der Waals surface area contributed by atoms with E-state index in [2.05, 4.69) is 31.1 Å². The monoisotopic (exact) mass is 252 g/mol. The van der Waals surface area contributed by atoms with Gasteiger partial charge in [0.25, 0.3) is 0 Å². The van der Waals surface area contributed by atoms with Gasteiger partial charge in [0.15, 0.2) is 0 Å². The lowest BCUT2D eigenvalue weighted by molar-refractivity contribution is 0.316. The van der Waals surface area contributed by atoms with Crippen LogP contribution in [0.1, 0.15) is 32.3 Å². The Labute approximate surface area is 110 Å². The van der Waals surface area contributed by atoms with E-state index >= 15 is 0 Å². The van der Waals surface area contributed by atoms with Crippen LogP contribution in [0.5, 0.6) is 0 Å². The summed E-state index contributed by atoms with van der Waals surface area (Å²) in [5.74, 6) is -0.151. The standard InChI is InChI=1S/C15H25FN2/c1-13(2)17-9-4-5-10-18(3)12-14-7-6-8-15(16)11-14/h6-8,11,13,17H,4-5,9-10,12H2,1-3H3. The Morgan fingerprint density at radius 3 is 2.72 bits per heavy atom. The maximum absolute atomic E-state index is 13.0. The molecule has 18 heavy (non-hydrogen) atoms. The van der Waals surface area contributed by atoms with E-state index < -0.39 is 0 Å². The van der Waals surface area contributed by atoms with Gasteiger partial charge in [-0.3, -0.25) is 0 Å². The summed E-state index contributed by atoms with van der Waals surface area (Å²) >= 11 is 0. The van der Waals surface area contributed by atoms with Crippen molar-refractivity contribution in [1.82, 2.24) is 10.2 Å². The fourth-order valence-electron chi connectivity index (χ4n) is 1.92. The summed E-state index contributed by atoms with van der Waals surface area (Å²) in [5, 5.41) is 3.41. The van der Waals surface area contributed by atoms with E-state index in [-0.39, 0.29) is 5.82 Å². The number of hydrogen-bond acceptors (Lipinski definition) is 2. The van der Waals surface area contributed by atoms with E-state index in [9.17, 15) is 4.39 Å². The second kappa shape index (κ2) is 8.22. The summed E-state index contributed by atoms with van der Waals surface area (Å²) in [6, 6.07) is 7.40. The second-order valence-electron chi connectivity index (χ2n) is 5.18. The fourth-order valence-corrected chi connectivity index (χ4v) is 1.92. The third-order valence-corrected chi connectivity index (χ3v) is 2.86. The molecule has 102 valence electrons. The third kappa shape index (κ3) is 6.72. The third-order valence-electron chi connectivity index (χ3n) is 2.86. The molecule has 0 saturated heterocycles. The van der Waals surface area contributed by atoms with E-state index in [1.165, 1.54) is 18.9 Å². The SMILES string of the molecule is CC(C)NCCCCN(C)Cc1cccc(F)c1. The van der Waals surface area contributed by atoms with E-state index in [1.54, 1.807) is 12.1 Å². The van der Waals surface area contributed by atoms with Crippen LogP contribution in [-0.4, -0.2) is 31.1 Å². The van der Waals surface area contributed by atoms with Crippen molar-refractivity contribution in [3.63, 3.8) is 0 Å². The highest BCUT2D eigenvalue weighted by atomic mass is 19.1. The summed E-state index contributed by atoms with van der Waals surface area (Å²) in [5.41, 5.74) is 1.04. The molecule has 0 fully saturated rings. The molecular formula is C15H25FN2. The number of halogens is 1. The number of nitrogens with one attached hydrogen (secondary N) is 1. The van der Waals surface area contributed by atoms with Crippen molar-refractivity contribution < 1.29 is 4.39 Å². The van der Waals surface area contributed by atoms with Crippen LogP contribution in [0.15, 0.2) is 24.3 Å². The first-order chi connectivity index (χ1) is 8.58. The topological polar surface area (TPSA) is 15.3 Å². The zero-order valence-corrected chi connectivity index (χ0v) is 11.7. The first-order valence-corrected chi connectivity index (χ1v) is 6.74. The fraction of sp³-hybridized carbons (Fsp3) is 0.600. The first kappa shape index (κ1) is 15.1. The minimum Gasteiger partial charge on any atom is -0.315 e. The zero-order valence-electron chi connectivity index (χ0n) is 11.7. The Morgan fingerprint density at radius 1 is 1.28 bits per heavy atom. The molecule has 0 spiro atoms. The van der Waals surface area contributed by atoms with Crippen molar-refractivity contribution in [1.29, 1.82) is 0 Å². The van der Waals surface area contributed by atoms with Gasteiger partial charge >= 0.3 is 0 Å². The second-order valence-corrected chi connectivity index (χ2v) is 5.18. The highest BCUT2D eigenvalue weighted by molar-refractivity contribution is 5.15. The number of benzene rings is 1. The normalized spacial score (nSPS) is 11.4. The van der Waals surface area contributed by atoms with E-state index in [0.717, 1.165) is 25.2 Å². The van der Waals surface area contributed by atoms with Crippen LogP contribution >= 0.6 is 0 Å². The molecule has 0 atom stereocenters. The lowest BCUT2D eigenvalue weighted by Crippen LogP contribution is -2.25. The quantitative estimate of drug-likeness (QED) is 0.715. The Morgan fingerprint density at radius 2 is 2.06 bits per heavy atom. The van der Waals surface area contributed by atoms with E-state index in [1.807, 2.05) is 6.07 Å². The van der Waals surface area contributed by atoms with Crippen molar-refractivity contribution in [2.45, 2.75) is 39.3 Å². The number of nitrogens with zero attached hydrogens (tertiary/aromatic N) is 1. The van der Waals surface area contributed by atoms with Crippen molar-refractivity contribution in [3.8, 4) is 0 Å². The molecule has 3 heteroatoms. The van der Waals surface area contributed by atoms with Gasteiger partial charge in [0, 0.05) is 12.6 Å². The summed E-state index contributed by atoms with van der Waals surface area (Å²) < 4.78 is 13.0. The van der Waals surface area contributed by atoms with Gasteiger partial charge in [-0.25, -0.2) is 4.39 Å². The Balaban J connectivity index is 2.16. The van der Waals surface area contributed by atoms with E-state index in [4.69, 9.17) is 0 Å². The Kier molecular flexibility index (Phi) is 6.91. The minimum atomic E-state index is -0.151. The molecule has 1 aromatic rings. The van der Waals surface area contributed by atoms with Crippen LogP contribution in [0.2, 0.25) is 0 Å². The van der Waals surface area contributed by atoms with Gasteiger partial charge in [0.05, 0.1) is 0 Å². The molecular weight excluding hydrogens is 227 g/mol. The van der Waals surface area contributed by atoms with Crippen LogP contribution in [0, 0.1) is 5.82 Å². The van der Waals surface area contributed by atoms with Gasteiger partial charge in [0.2, 0.25) is 0 Å². The molecule has 0 amide bonds. The highest BCUT2D eigenvalue weighted by Gasteiger charge is 2.01. The van der Waals surface area contributed by atoms with Crippen LogP contribution in [0.3, 0.4) is 0 Å². The van der Waals surface area contributed by atoms with Crippen LogP contribution in [0.4, 0.5) is 4.39 Å². The molecule has 0 aliphatic heterocycles. The molecule has 0 aliphatic carbocycles. The lowest BCUT2D eigenvalue weighted by Gasteiger charge is -2.17. The van der Waals surface area contributed by atoms with Crippen LogP contribution < -0.4 is 5.32 Å². The molecule has 0 saturated carbocycles. The minimum absolute atomic E-state index is 0.151. The Bertz CT molecular complexity index is 339. The smallest absolute Gasteiger partial charge is 0.123 e. The van der Waals surface area contributed by atoms with Gasteiger partial charge in [-0.15, -0.1) is 0 Å². The summed E-state index contributed by atoms with van der Waals surface area (Å²) in [4.78, 5) is 2.24. The molecule has 0 heterocycles. The first-order valence-electron chi connectivity index (χ1n) is 6.74. The van der Waals surface area contributed by atoms with Crippen molar-refractivity contribution in [2.24, 2.45) is 0 Å². The summed E-state index contributed by atoms with van der Waals surface area (Å²) in [6.45, 7) is 7.27. The maximum Gasteiger partial charge on any atom is 0.123 e. The predicted molar refractivity (Wildman–Crippen MR) is 75.1 cm³/mol. The maximum atomic E-state index is 13.0. The van der Waals surface area contributed by atoms with Crippen LogP contribution in [0.25, 0.3) is 0 Å². The molecule has 0 unspecified atom stereocenters. The van der Waals surface area contributed by atoms with Gasteiger partial charge in [-0.05, 0) is 50.7 Å². The van der Waals surface area contributed by atoms with Gasteiger partial charge in [0.1, 0.15) is 5.82 Å². The average Bonchev–Trinajstić information content (AvgIpc) is 2.28. The van der Waals surface area contributed by atoms with Crippen LogP contribution in [-0.2, 0) is 6.54 Å². The van der Waals surface area contributed by atoms with E-state index in [0.29, 0.717) is 6.04 Å². The zero-order chi connectivity index (χ0) is 13.4. The molecule has 2 nitrogen and oxygen atoms in total. The Hall–Kier alpha value is -0.930. The van der Waals surface area contributed by atoms with Gasteiger partial charge < -0.3 is 10.2 Å². The predicted octanol–water partition coefficient (Wildman–Crippen LogP) is 3.04. The molecule has 0 bridgehead atoms. The van der Waals surface area contributed by atoms with Crippen molar-refractivity contribution >= 4 is 0 Å². The molecule has 1 aromatic carbocycles. The largest absolute Gasteiger partial charge is 0.315 e. The summed E-state index contributed by atoms with van der Waals surface area (Å²) in [7, 11) is 2.08. The number of unbranched alkanes of at least 4 members (excludes halogenated alkanes) is 1. The summed E-state index contributed by atoms with van der Waals surface area (Å²) in [6.07, 6.45) is 2.36. The number of rotatable bonds is 8. The average molecular weight is 252 g/mol. The molecule has 0 radical (unpaired) electrons. The lowest BCUT2D eigenvalue weighted by atomic mass is 10.2.